The number of carbonyl (C=O) groups excluding carboxylic acids is 5. The maximum Gasteiger partial charge on any atom is 0.315 e. The number of urea groups is 1. The van der Waals surface area contributed by atoms with Crippen molar-refractivity contribution in [2.75, 3.05) is 32.9 Å². The first-order valence-electron chi connectivity index (χ1n) is 18.0. The van der Waals surface area contributed by atoms with Crippen molar-refractivity contribution in [1.82, 2.24) is 30.5 Å². The van der Waals surface area contributed by atoms with Crippen LogP contribution < -0.4 is 21.3 Å². The van der Waals surface area contributed by atoms with Gasteiger partial charge in [0.1, 0.15) is 12.1 Å². The molecule has 1 saturated heterocycles. The molecule has 0 aromatic carbocycles. The Balaban J connectivity index is 1.92. The predicted octanol–water partition coefficient (Wildman–Crippen LogP) is 2.79. The number of Topliss-reactive ketones (excluding diaryl/α,β-unsaturated/α-hetero) is 1. The van der Waals surface area contributed by atoms with Gasteiger partial charge in [0.15, 0.2) is 0 Å². The Labute approximate surface area is 293 Å². The Bertz CT molecular complexity index is 1350. The number of unbranched alkanes of at least 4 members (excludes halogenated alkanes) is 1. The van der Waals surface area contributed by atoms with E-state index in [1.807, 2.05) is 34.6 Å². The molecule has 14 heteroatoms. The first kappa shape index (κ1) is 40.7. The van der Waals surface area contributed by atoms with Crippen molar-refractivity contribution in [2.45, 2.75) is 131 Å². The van der Waals surface area contributed by atoms with Gasteiger partial charge in [0, 0.05) is 32.7 Å². The van der Waals surface area contributed by atoms with E-state index in [1.165, 1.54) is 11.4 Å². The van der Waals surface area contributed by atoms with E-state index in [4.69, 9.17) is 0 Å². The summed E-state index contributed by atoms with van der Waals surface area (Å²) in [6.07, 6.45) is 7.08. The second-order valence-corrected chi connectivity index (χ2v) is 18.6. The third-order valence-corrected chi connectivity index (χ3v) is 12.7. The summed E-state index contributed by atoms with van der Waals surface area (Å²) in [7, 11) is -2.04. The number of nitrogens with zero attached hydrogens (tertiary/aromatic N) is 2. The van der Waals surface area contributed by atoms with E-state index in [0.717, 1.165) is 31.9 Å². The number of piperidine rings is 1. The fourth-order valence-electron chi connectivity index (χ4n) is 7.76. The van der Waals surface area contributed by atoms with Gasteiger partial charge in [0.05, 0.1) is 12.3 Å². The molecule has 280 valence electrons. The van der Waals surface area contributed by atoms with E-state index in [-0.39, 0.29) is 36.2 Å². The topological polar surface area (TPSA) is 174 Å². The molecule has 0 bridgehead atoms. The van der Waals surface area contributed by atoms with Crippen molar-refractivity contribution in [2.24, 2.45) is 28.1 Å². The van der Waals surface area contributed by atoms with Crippen LogP contribution in [0, 0.1) is 28.1 Å². The van der Waals surface area contributed by atoms with Crippen LogP contribution in [-0.4, -0.2) is 104 Å². The number of amides is 5. The zero-order valence-corrected chi connectivity index (χ0v) is 32.2. The number of likely N-dealkylation sites (tertiary alicyclic amines) is 1. The summed E-state index contributed by atoms with van der Waals surface area (Å²) >= 11 is 0. The minimum atomic E-state index is -3.50. The number of rotatable bonds is 15. The number of ketones is 1. The van der Waals surface area contributed by atoms with Crippen LogP contribution in [0.4, 0.5) is 4.79 Å². The lowest BCUT2D eigenvalue weighted by molar-refractivity contribution is -0.146. The second kappa shape index (κ2) is 15.7. The van der Waals surface area contributed by atoms with Crippen molar-refractivity contribution >= 4 is 39.6 Å². The van der Waals surface area contributed by atoms with Gasteiger partial charge in [-0.15, -0.1) is 0 Å². The second-order valence-electron chi connectivity index (χ2n) is 16.5. The molecule has 0 radical (unpaired) electrons. The highest BCUT2D eigenvalue weighted by Gasteiger charge is 2.70. The number of fused-ring (bicyclic) bond motifs is 1. The smallest absolute Gasteiger partial charge is 0.315 e. The quantitative estimate of drug-likeness (QED) is 0.189. The molecule has 1 aliphatic heterocycles. The minimum Gasteiger partial charge on any atom is -0.350 e. The molecule has 3 rings (SSSR count). The van der Waals surface area contributed by atoms with Gasteiger partial charge in [0.25, 0.3) is 5.91 Å². The summed E-state index contributed by atoms with van der Waals surface area (Å²) in [5.74, 6) is -2.31. The summed E-state index contributed by atoms with van der Waals surface area (Å²) in [6.45, 7) is 16.2. The van der Waals surface area contributed by atoms with Crippen LogP contribution in [0.25, 0.3) is 0 Å². The molecule has 2 aliphatic carbocycles. The Hall–Kier alpha value is -2.74. The third-order valence-electron chi connectivity index (χ3n) is 11.4. The normalized spacial score (nSPS) is 24.6. The van der Waals surface area contributed by atoms with Crippen molar-refractivity contribution < 1.29 is 32.4 Å². The maximum atomic E-state index is 14.7. The van der Waals surface area contributed by atoms with Gasteiger partial charge in [-0.2, -0.15) is 0 Å². The van der Waals surface area contributed by atoms with E-state index in [2.05, 4.69) is 35.1 Å². The molecule has 4 N–H and O–H groups in total. The van der Waals surface area contributed by atoms with Crippen molar-refractivity contribution in [3.8, 4) is 0 Å². The van der Waals surface area contributed by atoms with Gasteiger partial charge in [-0.25, -0.2) is 17.5 Å². The average molecular weight is 711 g/mol. The molecule has 0 aromatic rings. The van der Waals surface area contributed by atoms with Crippen LogP contribution in [-0.2, 0) is 29.2 Å². The highest BCUT2D eigenvalue weighted by molar-refractivity contribution is 7.88. The number of sulfonamides is 1. The Morgan fingerprint density at radius 1 is 0.959 bits per heavy atom. The fraction of sp³-hybridized carbons (Fsp3) is 0.857. The molecule has 1 unspecified atom stereocenters. The monoisotopic (exact) mass is 710 g/mol. The Morgan fingerprint density at radius 2 is 1.57 bits per heavy atom. The molecule has 3 aliphatic rings. The molecule has 0 aromatic heterocycles. The molecule has 5 amide bonds. The SMILES string of the molecule is CCCCC(NC(=O)[C@@H]1[C@@H]2[C@H](CN1C(=O)[C@@H](NC(=O)N[C@H](CN(C)S(C)(=O)=O)C(C)(C)C)C1(C)CCCCC1)C2(C)C)C(=O)C(=O)NCC. The first-order valence-corrected chi connectivity index (χ1v) is 19.9. The maximum absolute atomic E-state index is 14.7. The molecule has 1 heterocycles. The third kappa shape index (κ3) is 9.53. The lowest BCUT2D eigenvalue weighted by Crippen LogP contribution is -2.63. The number of nitrogens with one attached hydrogen (secondary N) is 4. The number of likely N-dealkylation sites (N-methyl/N-ethyl adjacent to an activating group) is 2. The molecular formula is C35H62N6O7S. The highest BCUT2D eigenvalue weighted by Crippen LogP contribution is 2.65. The van der Waals surface area contributed by atoms with Crippen LogP contribution >= 0.6 is 0 Å². The van der Waals surface area contributed by atoms with Gasteiger partial charge in [-0.05, 0) is 54.3 Å². The zero-order chi connectivity index (χ0) is 37.1. The summed E-state index contributed by atoms with van der Waals surface area (Å²) in [6, 6.07) is -3.95. The lowest BCUT2D eigenvalue weighted by Gasteiger charge is -2.43. The average Bonchev–Trinajstić information content (AvgIpc) is 3.31. The van der Waals surface area contributed by atoms with Crippen molar-refractivity contribution in [3.05, 3.63) is 0 Å². The van der Waals surface area contributed by atoms with E-state index >= 15 is 0 Å². The van der Waals surface area contributed by atoms with Gasteiger partial charge < -0.3 is 26.2 Å². The predicted molar refractivity (Wildman–Crippen MR) is 189 cm³/mol. The van der Waals surface area contributed by atoms with E-state index in [9.17, 15) is 32.4 Å². The van der Waals surface area contributed by atoms with Gasteiger partial charge >= 0.3 is 6.03 Å². The lowest BCUT2D eigenvalue weighted by atomic mass is 9.70. The number of carbonyl (C=O) groups is 5. The van der Waals surface area contributed by atoms with Crippen LogP contribution in [0.5, 0.6) is 0 Å². The molecule has 49 heavy (non-hydrogen) atoms. The Morgan fingerprint density at radius 3 is 2.10 bits per heavy atom. The van der Waals surface area contributed by atoms with Crippen molar-refractivity contribution in [1.29, 1.82) is 0 Å². The summed E-state index contributed by atoms with van der Waals surface area (Å²) < 4.78 is 25.6. The summed E-state index contributed by atoms with van der Waals surface area (Å²) in [5.41, 5.74) is -1.27. The molecule has 3 fully saturated rings. The highest BCUT2D eigenvalue weighted by atomic mass is 32.2. The van der Waals surface area contributed by atoms with Crippen molar-refractivity contribution in [3.63, 3.8) is 0 Å². The van der Waals surface area contributed by atoms with E-state index in [1.54, 1.807) is 11.8 Å². The molecular weight excluding hydrogens is 648 g/mol. The molecule has 0 spiro atoms. The standard InChI is InChI=1S/C35H62N6O7S/c1-11-13-17-23(27(42)30(44)36-12-2)37-29(43)26-25-22(34(25,6)7)20-41(26)31(45)28(35(8)18-15-14-16-19-35)39-32(46)38-24(33(3,4)5)21-40(9)49(10,47)48/h22-26,28H,11-21H2,1-10H3,(H,36,44)(H,37,43)(H2,38,39,46)/t22-,23?,24+,25-,26-,28+/m0/s1. The largest absolute Gasteiger partial charge is 0.350 e. The van der Waals surface area contributed by atoms with Gasteiger partial charge in [0.2, 0.25) is 27.6 Å². The molecule has 2 saturated carbocycles. The van der Waals surface area contributed by atoms with Gasteiger partial charge in [-0.3, -0.25) is 19.2 Å². The van der Waals surface area contributed by atoms with E-state index < -0.39 is 68.6 Å². The summed E-state index contributed by atoms with van der Waals surface area (Å²) in [4.78, 5) is 69.8. The number of hydrogen-bond acceptors (Lipinski definition) is 7. The summed E-state index contributed by atoms with van der Waals surface area (Å²) in [5, 5.41) is 11.3. The first-order chi connectivity index (χ1) is 22.6. The molecule has 6 atom stereocenters. The van der Waals surface area contributed by atoms with Gasteiger partial charge in [-0.1, -0.05) is 80.6 Å². The van der Waals surface area contributed by atoms with E-state index in [0.29, 0.717) is 32.2 Å². The minimum absolute atomic E-state index is 0.0483. The van der Waals surface area contributed by atoms with Crippen LogP contribution in [0.2, 0.25) is 0 Å². The Kier molecular flexibility index (Phi) is 13.0. The zero-order valence-electron chi connectivity index (χ0n) is 31.4. The molecule has 13 nitrogen and oxygen atoms in total. The van der Waals surface area contributed by atoms with Crippen LogP contribution in [0.15, 0.2) is 0 Å². The fourth-order valence-corrected chi connectivity index (χ4v) is 8.18. The number of hydrogen-bond donors (Lipinski definition) is 4. The van der Waals surface area contributed by atoms with Crippen LogP contribution in [0.3, 0.4) is 0 Å². The van der Waals surface area contributed by atoms with Crippen LogP contribution in [0.1, 0.15) is 107 Å².